The molecule has 0 aliphatic heterocycles. The highest BCUT2D eigenvalue weighted by molar-refractivity contribution is 7.19. The molecule has 1 aromatic heterocycles. The Morgan fingerprint density at radius 2 is 2.36 bits per heavy atom. The van der Waals surface area contributed by atoms with Crippen LogP contribution in [0.1, 0.15) is 5.01 Å². The molecule has 0 aliphatic carbocycles. The van der Waals surface area contributed by atoms with Crippen molar-refractivity contribution in [2.45, 2.75) is 6.54 Å². The first-order chi connectivity index (χ1) is 6.76. The quantitative estimate of drug-likeness (QED) is 0.859. The molecule has 2 rings (SSSR count). The summed E-state index contributed by atoms with van der Waals surface area (Å²) < 4.78 is 6.17. The minimum atomic E-state index is 0.429. The molecular formula is C9H9ClN2OS. The number of aromatic nitrogens is 1. The summed E-state index contributed by atoms with van der Waals surface area (Å²) in [5.74, 6) is 0.793. The fourth-order valence-corrected chi connectivity index (χ4v) is 2.46. The number of ether oxygens (including phenoxy) is 1. The molecule has 0 amide bonds. The van der Waals surface area contributed by atoms with Gasteiger partial charge in [-0.2, -0.15) is 0 Å². The minimum Gasteiger partial charge on any atom is -0.495 e. The standard InChI is InChI=1S/C9H9ClN2OS/c1-13-6-3-2-5(10)8-9(6)14-7(4-11)12-8/h2-3H,4,11H2,1H3. The SMILES string of the molecule is COc1ccc(Cl)c2nc(CN)sc12. The summed E-state index contributed by atoms with van der Waals surface area (Å²) in [7, 11) is 1.63. The molecule has 0 fully saturated rings. The predicted octanol–water partition coefficient (Wildman–Crippen LogP) is 2.42. The molecule has 0 saturated carbocycles. The largest absolute Gasteiger partial charge is 0.495 e. The maximum absolute atomic E-state index is 6.00. The molecule has 0 aliphatic rings. The average molecular weight is 229 g/mol. The number of halogens is 1. The van der Waals surface area contributed by atoms with Gasteiger partial charge in [0.25, 0.3) is 0 Å². The highest BCUT2D eigenvalue weighted by Gasteiger charge is 2.10. The Kier molecular flexibility index (Phi) is 2.58. The van der Waals surface area contributed by atoms with Gasteiger partial charge in [0.2, 0.25) is 0 Å². The first kappa shape index (κ1) is 9.71. The lowest BCUT2D eigenvalue weighted by Crippen LogP contribution is -1.93. The number of thiazole rings is 1. The van der Waals surface area contributed by atoms with Crippen LogP contribution in [0, 0.1) is 0 Å². The smallest absolute Gasteiger partial charge is 0.138 e. The molecule has 0 saturated heterocycles. The molecule has 1 aromatic carbocycles. The molecule has 74 valence electrons. The predicted molar refractivity (Wildman–Crippen MR) is 59.1 cm³/mol. The number of hydrogen-bond acceptors (Lipinski definition) is 4. The highest BCUT2D eigenvalue weighted by atomic mass is 35.5. The van der Waals surface area contributed by atoms with E-state index in [9.17, 15) is 0 Å². The molecule has 14 heavy (non-hydrogen) atoms. The molecule has 2 N–H and O–H groups in total. The second-order valence-electron chi connectivity index (χ2n) is 2.74. The van der Waals surface area contributed by atoms with Gasteiger partial charge in [-0.05, 0) is 12.1 Å². The van der Waals surface area contributed by atoms with Crippen molar-refractivity contribution in [2.24, 2.45) is 5.73 Å². The maximum atomic E-state index is 6.00. The van der Waals surface area contributed by atoms with E-state index in [-0.39, 0.29) is 0 Å². The Labute approximate surface area is 90.5 Å². The van der Waals surface area contributed by atoms with Crippen molar-refractivity contribution in [1.82, 2.24) is 4.98 Å². The van der Waals surface area contributed by atoms with Gasteiger partial charge in [0.15, 0.2) is 0 Å². The van der Waals surface area contributed by atoms with E-state index < -0.39 is 0 Å². The van der Waals surface area contributed by atoms with Crippen LogP contribution in [0.5, 0.6) is 5.75 Å². The highest BCUT2D eigenvalue weighted by Crippen LogP contribution is 2.35. The van der Waals surface area contributed by atoms with E-state index in [1.165, 1.54) is 11.3 Å². The van der Waals surface area contributed by atoms with Gasteiger partial charge in [-0.15, -0.1) is 11.3 Å². The zero-order valence-corrected chi connectivity index (χ0v) is 9.15. The molecule has 3 nitrogen and oxygen atoms in total. The van der Waals surface area contributed by atoms with Crippen LogP contribution in [0.15, 0.2) is 12.1 Å². The monoisotopic (exact) mass is 228 g/mol. The van der Waals surface area contributed by atoms with Crippen LogP contribution >= 0.6 is 22.9 Å². The fraction of sp³-hybridized carbons (Fsp3) is 0.222. The van der Waals surface area contributed by atoms with Crippen molar-refractivity contribution >= 4 is 33.2 Å². The first-order valence-electron chi connectivity index (χ1n) is 4.08. The fourth-order valence-electron chi connectivity index (χ4n) is 1.24. The van der Waals surface area contributed by atoms with Crippen LogP contribution in [-0.4, -0.2) is 12.1 Å². The van der Waals surface area contributed by atoms with Crippen molar-refractivity contribution in [3.05, 3.63) is 22.2 Å². The van der Waals surface area contributed by atoms with Crippen molar-refractivity contribution in [3.63, 3.8) is 0 Å². The summed E-state index contributed by atoms with van der Waals surface area (Å²) in [6, 6.07) is 3.62. The molecule has 0 bridgehead atoms. The Hall–Kier alpha value is -0.840. The summed E-state index contributed by atoms with van der Waals surface area (Å²) in [6.07, 6.45) is 0. The Morgan fingerprint density at radius 3 is 3.00 bits per heavy atom. The van der Waals surface area contributed by atoms with Crippen LogP contribution in [-0.2, 0) is 6.54 Å². The zero-order chi connectivity index (χ0) is 10.1. The average Bonchev–Trinajstić information content (AvgIpc) is 2.63. The topological polar surface area (TPSA) is 48.1 Å². The number of fused-ring (bicyclic) bond motifs is 1. The number of rotatable bonds is 2. The number of methoxy groups -OCH3 is 1. The normalized spacial score (nSPS) is 10.8. The minimum absolute atomic E-state index is 0.429. The van der Waals surface area contributed by atoms with Gasteiger partial charge in [0, 0.05) is 6.54 Å². The van der Waals surface area contributed by atoms with Gasteiger partial charge >= 0.3 is 0 Å². The van der Waals surface area contributed by atoms with E-state index in [0.29, 0.717) is 11.6 Å². The van der Waals surface area contributed by atoms with Gasteiger partial charge in [0.05, 0.1) is 16.8 Å². The molecular weight excluding hydrogens is 220 g/mol. The van der Waals surface area contributed by atoms with Crippen molar-refractivity contribution in [2.75, 3.05) is 7.11 Å². The third-order valence-corrected chi connectivity index (χ3v) is 3.29. The van der Waals surface area contributed by atoms with Gasteiger partial charge in [-0.25, -0.2) is 4.98 Å². The zero-order valence-electron chi connectivity index (χ0n) is 7.58. The van der Waals surface area contributed by atoms with E-state index in [0.717, 1.165) is 21.0 Å². The molecule has 1 heterocycles. The lowest BCUT2D eigenvalue weighted by Gasteiger charge is -2.00. The first-order valence-corrected chi connectivity index (χ1v) is 5.27. The van der Waals surface area contributed by atoms with Crippen molar-refractivity contribution < 1.29 is 4.74 Å². The van der Waals surface area contributed by atoms with Crippen LogP contribution in [0.25, 0.3) is 10.2 Å². The van der Waals surface area contributed by atoms with Crippen molar-refractivity contribution in [3.8, 4) is 5.75 Å². The van der Waals surface area contributed by atoms with Crippen LogP contribution in [0.4, 0.5) is 0 Å². The van der Waals surface area contributed by atoms with Gasteiger partial charge < -0.3 is 10.5 Å². The Morgan fingerprint density at radius 1 is 1.57 bits per heavy atom. The van der Waals surface area contributed by atoms with Gasteiger partial charge in [-0.1, -0.05) is 11.6 Å². The number of nitrogens with zero attached hydrogens (tertiary/aromatic N) is 1. The van der Waals surface area contributed by atoms with E-state index in [4.69, 9.17) is 22.1 Å². The van der Waals surface area contributed by atoms with Crippen LogP contribution in [0.3, 0.4) is 0 Å². The molecule has 0 spiro atoms. The third kappa shape index (κ3) is 1.45. The lowest BCUT2D eigenvalue weighted by atomic mass is 10.3. The van der Waals surface area contributed by atoms with Crippen molar-refractivity contribution in [1.29, 1.82) is 0 Å². The molecule has 0 unspecified atom stereocenters. The van der Waals surface area contributed by atoms with E-state index in [1.54, 1.807) is 13.2 Å². The van der Waals surface area contributed by atoms with E-state index in [1.807, 2.05) is 6.07 Å². The number of hydrogen-bond donors (Lipinski definition) is 1. The summed E-state index contributed by atoms with van der Waals surface area (Å²) in [4.78, 5) is 4.32. The molecule has 0 radical (unpaired) electrons. The number of nitrogens with two attached hydrogens (primary N) is 1. The molecule has 0 atom stereocenters. The van der Waals surface area contributed by atoms with Crippen LogP contribution in [0.2, 0.25) is 5.02 Å². The van der Waals surface area contributed by atoms with Gasteiger partial charge in [-0.3, -0.25) is 0 Å². The summed E-state index contributed by atoms with van der Waals surface area (Å²) >= 11 is 7.52. The maximum Gasteiger partial charge on any atom is 0.138 e. The molecule has 2 aromatic rings. The second kappa shape index (κ2) is 3.73. The summed E-state index contributed by atoms with van der Waals surface area (Å²) in [5.41, 5.74) is 6.29. The van der Waals surface area contributed by atoms with E-state index >= 15 is 0 Å². The molecule has 5 heteroatoms. The third-order valence-electron chi connectivity index (χ3n) is 1.90. The summed E-state index contributed by atoms with van der Waals surface area (Å²) in [5, 5.41) is 1.50. The lowest BCUT2D eigenvalue weighted by molar-refractivity contribution is 0.420. The van der Waals surface area contributed by atoms with E-state index in [2.05, 4.69) is 4.98 Å². The van der Waals surface area contributed by atoms with Gasteiger partial charge in [0.1, 0.15) is 16.3 Å². The Bertz CT molecular complexity index is 469. The summed E-state index contributed by atoms with van der Waals surface area (Å²) in [6.45, 7) is 0.429. The Balaban J connectivity index is 2.74. The number of benzene rings is 1. The van der Waals surface area contributed by atoms with Crippen LogP contribution < -0.4 is 10.5 Å². The second-order valence-corrected chi connectivity index (χ2v) is 4.23.